The van der Waals surface area contributed by atoms with Crippen molar-refractivity contribution in [1.29, 1.82) is 0 Å². The van der Waals surface area contributed by atoms with Gasteiger partial charge in [0.05, 0.1) is 17.9 Å². The van der Waals surface area contributed by atoms with Gasteiger partial charge in [-0.3, -0.25) is 4.79 Å². The summed E-state index contributed by atoms with van der Waals surface area (Å²) in [7, 11) is 0. The van der Waals surface area contributed by atoms with E-state index in [9.17, 15) is 18.0 Å². The second kappa shape index (κ2) is 9.92. The summed E-state index contributed by atoms with van der Waals surface area (Å²) >= 11 is 0. The van der Waals surface area contributed by atoms with Crippen LogP contribution < -0.4 is 15.6 Å². The molecule has 1 fully saturated rings. The Morgan fingerprint density at radius 3 is 2.56 bits per heavy atom. The summed E-state index contributed by atoms with van der Waals surface area (Å²) in [5.74, 6) is 1.12. The maximum absolute atomic E-state index is 13.8. The van der Waals surface area contributed by atoms with Gasteiger partial charge in [0.2, 0.25) is 5.88 Å². The molecule has 1 aliphatic carbocycles. The predicted octanol–water partition coefficient (Wildman–Crippen LogP) is 4.45. The van der Waals surface area contributed by atoms with E-state index in [1.165, 1.54) is 18.2 Å². The summed E-state index contributed by atoms with van der Waals surface area (Å²) in [6.07, 6.45) is -2.34. The molecule has 0 amide bonds. The van der Waals surface area contributed by atoms with Crippen LogP contribution in [-0.4, -0.2) is 33.3 Å². The molecule has 3 aromatic rings. The zero-order chi connectivity index (χ0) is 24.3. The molecule has 0 atom stereocenters. The minimum absolute atomic E-state index is 0.122. The van der Waals surface area contributed by atoms with Gasteiger partial charge in [-0.05, 0) is 55.0 Å². The fourth-order valence-electron chi connectivity index (χ4n) is 3.39. The Morgan fingerprint density at radius 2 is 1.91 bits per heavy atom. The van der Waals surface area contributed by atoms with Gasteiger partial charge < -0.3 is 15.0 Å². The lowest BCUT2D eigenvalue weighted by atomic mass is 10.0. The van der Waals surface area contributed by atoms with Crippen molar-refractivity contribution in [3.8, 4) is 28.7 Å². The lowest BCUT2D eigenvalue weighted by molar-refractivity contribution is -0.137. The molecule has 4 rings (SSSR count). The Balaban J connectivity index is 1.65. The monoisotopic (exact) mass is 473 g/mol. The third-order valence-corrected chi connectivity index (χ3v) is 5.33. The minimum Gasteiger partial charge on any atom is -0.476 e. The maximum atomic E-state index is 13.8. The molecule has 0 radical (unpaired) electrons. The minimum atomic E-state index is -4.62. The van der Waals surface area contributed by atoms with Crippen LogP contribution >= 0.6 is 0 Å². The molecular weight excluding hydrogens is 447 g/mol. The van der Waals surface area contributed by atoms with Crippen LogP contribution in [0.4, 0.5) is 13.2 Å². The van der Waals surface area contributed by atoms with Crippen molar-refractivity contribution < 1.29 is 17.9 Å². The molecule has 1 aromatic carbocycles. The summed E-state index contributed by atoms with van der Waals surface area (Å²) in [5, 5.41) is 11.2. The van der Waals surface area contributed by atoms with Crippen LogP contribution in [0.1, 0.15) is 37.8 Å². The highest BCUT2D eigenvalue weighted by Gasteiger charge is 2.34. The van der Waals surface area contributed by atoms with Crippen LogP contribution in [0.15, 0.2) is 41.2 Å². The van der Waals surface area contributed by atoms with Gasteiger partial charge in [0.15, 0.2) is 0 Å². The second-order valence-corrected chi connectivity index (χ2v) is 8.89. The van der Waals surface area contributed by atoms with Crippen LogP contribution in [0, 0.1) is 11.8 Å². The van der Waals surface area contributed by atoms with Gasteiger partial charge >= 0.3 is 6.18 Å². The summed E-state index contributed by atoms with van der Waals surface area (Å²) < 4.78 is 46.8. The summed E-state index contributed by atoms with van der Waals surface area (Å²) in [6.45, 7) is 5.77. The highest BCUT2D eigenvalue weighted by Crippen LogP contribution is 2.36. The lowest BCUT2D eigenvalue weighted by Gasteiger charge is -2.15. The third-order valence-electron chi connectivity index (χ3n) is 5.33. The van der Waals surface area contributed by atoms with E-state index in [0.29, 0.717) is 36.4 Å². The molecule has 180 valence electrons. The number of ether oxygens (including phenoxy) is 1. The lowest BCUT2D eigenvalue weighted by Crippen LogP contribution is -2.19. The van der Waals surface area contributed by atoms with Gasteiger partial charge in [0.25, 0.3) is 5.56 Å². The zero-order valence-corrected chi connectivity index (χ0v) is 18.9. The Labute approximate surface area is 194 Å². The van der Waals surface area contributed by atoms with Crippen molar-refractivity contribution in [3.63, 3.8) is 0 Å². The van der Waals surface area contributed by atoms with Crippen molar-refractivity contribution in [2.45, 2.75) is 39.4 Å². The molecule has 0 aliphatic heterocycles. The molecule has 10 heteroatoms. The number of hydrogen-bond donors (Lipinski definition) is 2. The third kappa shape index (κ3) is 6.19. The van der Waals surface area contributed by atoms with Gasteiger partial charge in [-0.1, -0.05) is 19.9 Å². The van der Waals surface area contributed by atoms with E-state index in [2.05, 4.69) is 25.5 Å². The largest absolute Gasteiger partial charge is 0.476 e. The van der Waals surface area contributed by atoms with Gasteiger partial charge in [-0.25, -0.2) is 4.98 Å². The molecule has 0 saturated heterocycles. The van der Waals surface area contributed by atoms with Crippen LogP contribution in [0.3, 0.4) is 0 Å². The molecule has 2 heterocycles. The quantitative estimate of drug-likeness (QED) is 0.477. The Bertz CT molecular complexity index is 1190. The second-order valence-electron chi connectivity index (χ2n) is 8.89. The van der Waals surface area contributed by atoms with Gasteiger partial charge in [-0.15, -0.1) is 10.2 Å². The molecule has 0 spiro atoms. The molecule has 0 bridgehead atoms. The first-order chi connectivity index (χ1) is 16.2. The molecule has 7 nitrogen and oxygen atoms in total. The summed E-state index contributed by atoms with van der Waals surface area (Å²) in [5.41, 5.74) is -0.644. The number of alkyl halides is 3. The normalized spacial score (nSPS) is 13.9. The van der Waals surface area contributed by atoms with E-state index in [1.807, 2.05) is 13.8 Å². The number of H-pyrrole nitrogens is 1. The summed E-state index contributed by atoms with van der Waals surface area (Å²) in [4.78, 5) is 19.1. The average Bonchev–Trinajstić information content (AvgIpc) is 3.61. The van der Waals surface area contributed by atoms with Crippen molar-refractivity contribution in [1.82, 2.24) is 25.5 Å². The van der Waals surface area contributed by atoms with Gasteiger partial charge in [0.1, 0.15) is 11.5 Å². The topological polar surface area (TPSA) is 92.8 Å². The molecule has 2 aromatic heterocycles. The van der Waals surface area contributed by atoms with Crippen molar-refractivity contribution >= 4 is 0 Å². The Kier molecular flexibility index (Phi) is 6.97. The fraction of sp³-hybridized carbons (Fsp3) is 0.417. The van der Waals surface area contributed by atoms with Gasteiger partial charge in [-0.2, -0.15) is 13.2 Å². The van der Waals surface area contributed by atoms with E-state index < -0.39 is 17.3 Å². The number of benzene rings is 1. The first-order valence-corrected chi connectivity index (χ1v) is 11.2. The van der Waals surface area contributed by atoms with Crippen LogP contribution in [0.25, 0.3) is 22.8 Å². The smallest absolute Gasteiger partial charge is 0.417 e. The molecule has 1 saturated carbocycles. The van der Waals surface area contributed by atoms with E-state index in [4.69, 9.17) is 4.74 Å². The Hall–Kier alpha value is -3.27. The van der Waals surface area contributed by atoms with Crippen LogP contribution in [-0.2, 0) is 12.7 Å². The number of hydrogen-bond acceptors (Lipinski definition) is 6. The summed E-state index contributed by atoms with van der Waals surface area (Å²) in [6, 6.07) is 8.21. The predicted molar refractivity (Wildman–Crippen MR) is 121 cm³/mol. The van der Waals surface area contributed by atoms with E-state index in [-0.39, 0.29) is 22.8 Å². The number of nitrogens with one attached hydrogen (secondary N) is 2. The van der Waals surface area contributed by atoms with Crippen LogP contribution in [0.5, 0.6) is 5.88 Å². The van der Waals surface area contributed by atoms with Crippen LogP contribution in [0.2, 0.25) is 0 Å². The zero-order valence-electron chi connectivity index (χ0n) is 18.9. The SMILES string of the molecule is CC(C)CNCc1ccc(C(F)(F)F)c(-c2nc(-c3ccc(OCC4CC4)nn3)cc(=O)[nH]2)c1. The van der Waals surface area contributed by atoms with Crippen molar-refractivity contribution in [3.05, 3.63) is 57.9 Å². The van der Waals surface area contributed by atoms with Gasteiger partial charge in [0, 0.05) is 24.2 Å². The maximum Gasteiger partial charge on any atom is 0.417 e. The standard InChI is InChI=1S/C24H26F3N5O2/c1-14(2)11-28-12-16-5-6-18(24(25,26)27)17(9-16)23-29-20(10-21(33)30-23)19-7-8-22(32-31-19)34-13-15-3-4-15/h5-10,14-15,28H,3-4,11-13H2,1-2H3,(H,29,30,33). The molecule has 34 heavy (non-hydrogen) atoms. The molecule has 2 N–H and O–H groups in total. The first kappa shape index (κ1) is 23.9. The Morgan fingerprint density at radius 1 is 1.12 bits per heavy atom. The van der Waals surface area contributed by atoms with Crippen molar-refractivity contribution in [2.24, 2.45) is 11.8 Å². The number of rotatable bonds is 9. The molecule has 1 aliphatic rings. The van der Waals surface area contributed by atoms with Crippen molar-refractivity contribution in [2.75, 3.05) is 13.2 Å². The number of aromatic nitrogens is 4. The van der Waals surface area contributed by atoms with E-state index >= 15 is 0 Å². The molecular formula is C24H26F3N5O2. The number of nitrogens with zero attached hydrogens (tertiary/aromatic N) is 3. The number of halogens is 3. The average molecular weight is 473 g/mol. The first-order valence-electron chi connectivity index (χ1n) is 11.2. The van der Waals surface area contributed by atoms with E-state index in [1.54, 1.807) is 12.1 Å². The highest BCUT2D eigenvalue weighted by molar-refractivity contribution is 5.65. The van der Waals surface area contributed by atoms with E-state index in [0.717, 1.165) is 25.5 Å². The molecule has 0 unspecified atom stereocenters. The fourth-order valence-corrected chi connectivity index (χ4v) is 3.39. The number of aromatic amines is 1. The highest BCUT2D eigenvalue weighted by atomic mass is 19.4.